The van der Waals surface area contributed by atoms with Gasteiger partial charge in [0.1, 0.15) is 4.88 Å². The molecule has 0 fully saturated rings. The number of carbonyl (C=O) groups excluding carboxylic acids is 3. The fourth-order valence-electron chi connectivity index (χ4n) is 2.81. The average molecular weight is 407 g/mol. The van der Waals surface area contributed by atoms with Crippen LogP contribution in [0.2, 0.25) is 5.02 Å². The number of halogens is 1. The molecule has 27 heavy (non-hydrogen) atoms. The average Bonchev–Trinajstić information content (AvgIpc) is 2.95. The second-order valence-corrected chi connectivity index (χ2v) is 7.78. The smallest absolute Gasteiger partial charge is 0.348 e. The Kier molecular flexibility index (Phi) is 6.47. The van der Waals surface area contributed by atoms with E-state index in [1.54, 1.807) is 12.1 Å². The lowest BCUT2D eigenvalue weighted by atomic mass is 10.1. The van der Waals surface area contributed by atoms with E-state index in [4.69, 9.17) is 16.3 Å². The Morgan fingerprint density at radius 1 is 1.04 bits per heavy atom. The van der Waals surface area contributed by atoms with Crippen molar-refractivity contribution in [1.82, 2.24) is 10.9 Å². The van der Waals surface area contributed by atoms with Crippen molar-refractivity contribution in [1.29, 1.82) is 0 Å². The van der Waals surface area contributed by atoms with Gasteiger partial charge in [-0.1, -0.05) is 18.0 Å². The first-order valence-electron chi connectivity index (χ1n) is 8.66. The molecule has 0 aliphatic heterocycles. The molecule has 1 heterocycles. The molecule has 2 aromatic rings. The highest BCUT2D eigenvalue weighted by Gasteiger charge is 2.18. The zero-order valence-electron chi connectivity index (χ0n) is 14.5. The number of esters is 1. The molecule has 0 atom stereocenters. The van der Waals surface area contributed by atoms with Gasteiger partial charge in [0.05, 0.1) is 0 Å². The summed E-state index contributed by atoms with van der Waals surface area (Å²) in [6, 6.07) is 8.08. The van der Waals surface area contributed by atoms with Crippen LogP contribution < -0.4 is 10.9 Å². The van der Waals surface area contributed by atoms with Crippen LogP contribution in [0.3, 0.4) is 0 Å². The summed E-state index contributed by atoms with van der Waals surface area (Å²) in [6.07, 6.45) is 5.45. The van der Waals surface area contributed by atoms with Crippen LogP contribution in [0.15, 0.2) is 30.3 Å². The number of amides is 2. The molecule has 1 aliphatic carbocycles. The molecule has 0 saturated heterocycles. The van der Waals surface area contributed by atoms with Gasteiger partial charge in [-0.2, -0.15) is 0 Å². The van der Waals surface area contributed by atoms with Gasteiger partial charge in [0.25, 0.3) is 11.8 Å². The van der Waals surface area contributed by atoms with Gasteiger partial charge in [-0.05, 0) is 61.6 Å². The standard InChI is InChI=1S/C19H19ClN2O4S/c20-14-8-6-12(7-9-14)18(24)22-21-17(23)11-26-19(25)16-10-13-4-2-1-3-5-15(13)27-16/h6-10H,1-5,11H2,(H,21,23)(H,22,24). The Bertz CT molecular complexity index is 824. The largest absolute Gasteiger partial charge is 0.451 e. The van der Waals surface area contributed by atoms with E-state index in [1.807, 2.05) is 6.07 Å². The van der Waals surface area contributed by atoms with Crippen molar-refractivity contribution in [2.75, 3.05) is 6.61 Å². The number of hydrogen-bond acceptors (Lipinski definition) is 5. The van der Waals surface area contributed by atoms with Gasteiger partial charge in [0.2, 0.25) is 0 Å². The normalized spacial score (nSPS) is 13.2. The van der Waals surface area contributed by atoms with Crippen molar-refractivity contribution in [3.63, 3.8) is 0 Å². The van der Waals surface area contributed by atoms with E-state index in [2.05, 4.69) is 10.9 Å². The number of hydrogen-bond donors (Lipinski definition) is 2. The molecule has 6 nitrogen and oxygen atoms in total. The van der Waals surface area contributed by atoms with Gasteiger partial charge in [-0.25, -0.2) is 4.79 Å². The Balaban J connectivity index is 1.45. The lowest BCUT2D eigenvalue weighted by Gasteiger charge is -2.07. The Hall–Kier alpha value is -2.38. The zero-order valence-corrected chi connectivity index (χ0v) is 16.1. The van der Waals surface area contributed by atoms with Gasteiger partial charge in [-0.15, -0.1) is 11.3 Å². The number of nitrogens with one attached hydrogen (secondary N) is 2. The Morgan fingerprint density at radius 3 is 2.56 bits per heavy atom. The molecule has 3 rings (SSSR count). The van der Waals surface area contributed by atoms with Crippen molar-refractivity contribution in [2.24, 2.45) is 0 Å². The van der Waals surface area contributed by atoms with E-state index in [1.165, 1.54) is 40.3 Å². The summed E-state index contributed by atoms with van der Waals surface area (Å²) < 4.78 is 5.04. The first-order chi connectivity index (χ1) is 13.0. The minimum Gasteiger partial charge on any atom is -0.451 e. The number of benzene rings is 1. The second-order valence-electron chi connectivity index (χ2n) is 6.21. The first-order valence-corrected chi connectivity index (χ1v) is 9.86. The first kappa shape index (κ1) is 19.4. The van der Waals surface area contributed by atoms with Crippen LogP contribution in [-0.4, -0.2) is 24.4 Å². The van der Waals surface area contributed by atoms with E-state index in [0.717, 1.165) is 25.7 Å². The molecule has 0 saturated carbocycles. The molecule has 142 valence electrons. The lowest BCUT2D eigenvalue weighted by Crippen LogP contribution is -2.43. The predicted molar refractivity (Wildman–Crippen MR) is 103 cm³/mol. The topological polar surface area (TPSA) is 84.5 Å². The molecular formula is C19H19ClN2O4S. The minimum absolute atomic E-state index is 0.344. The van der Waals surface area contributed by atoms with E-state index in [-0.39, 0.29) is 0 Å². The van der Waals surface area contributed by atoms with E-state index >= 15 is 0 Å². The third kappa shape index (κ3) is 5.30. The fourth-order valence-corrected chi connectivity index (χ4v) is 4.08. The van der Waals surface area contributed by atoms with E-state index in [9.17, 15) is 14.4 Å². The van der Waals surface area contributed by atoms with Gasteiger partial charge in [0, 0.05) is 15.5 Å². The SMILES string of the molecule is O=C(COC(=O)c1cc2c(s1)CCCCC2)NNC(=O)c1ccc(Cl)cc1. The molecule has 8 heteroatoms. The summed E-state index contributed by atoms with van der Waals surface area (Å²) in [6.45, 7) is -0.470. The highest BCUT2D eigenvalue weighted by Crippen LogP contribution is 2.29. The van der Waals surface area contributed by atoms with E-state index in [0.29, 0.717) is 15.5 Å². The summed E-state index contributed by atoms with van der Waals surface area (Å²) in [7, 11) is 0. The van der Waals surface area contributed by atoms with Crippen LogP contribution in [0.1, 0.15) is 49.7 Å². The number of ether oxygens (including phenoxy) is 1. The highest BCUT2D eigenvalue weighted by atomic mass is 35.5. The maximum absolute atomic E-state index is 12.2. The van der Waals surface area contributed by atoms with Crippen LogP contribution in [0.4, 0.5) is 0 Å². The number of rotatable bonds is 4. The summed E-state index contributed by atoms with van der Waals surface area (Å²) in [5, 5.41) is 0.508. The number of hydrazine groups is 1. The van der Waals surface area contributed by atoms with Crippen LogP contribution in [0.25, 0.3) is 0 Å². The third-order valence-corrected chi connectivity index (χ3v) is 5.67. The molecule has 2 amide bonds. The second kappa shape index (κ2) is 9.01. The van der Waals surface area contributed by atoms with E-state index < -0.39 is 24.4 Å². The maximum Gasteiger partial charge on any atom is 0.348 e. The van der Waals surface area contributed by atoms with Gasteiger partial charge < -0.3 is 4.74 Å². The fraction of sp³-hybridized carbons (Fsp3) is 0.316. The summed E-state index contributed by atoms with van der Waals surface area (Å²) >= 11 is 7.20. The molecule has 2 N–H and O–H groups in total. The summed E-state index contributed by atoms with van der Waals surface area (Å²) in [5.74, 6) is -1.63. The van der Waals surface area contributed by atoms with Crippen molar-refractivity contribution < 1.29 is 19.1 Å². The van der Waals surface area contributed by atoms with Crippen molar-refractivity contribution in [2.45, 2.75) is 32.1 Å². The van der Waals surface area contributed by atoms with Crippen LogP contribution in [0.5, 0.6) is 0 Å². The number of aryl methyl sites for hydroxylation is 2. The molecule has 1 aromatic carbocycles. The quantitative estimate of drug-likeness (QED) is 0.463. The Labute approximate surface area is 165 Å². The van der Waals surface area contributed by atoms with Crippen molar-refractivity contribution in [3.05, 3.63) is 56.2 Å². The minimum atomic E-state index is -0.621. The van der Waals surface area contributed by atoms with Crippen molar-refractivity contribution >= 4 is 40.7 Å². The highest BCUT2D eigenvalue weighted by molar-refractivity contribution is 7.14. The number of thiophene rings is 1. The summed E-state index contributed by atoms with van der Waals surface area (Å²) in [4.78, 5) is 37.6. The molecule has 1 aliphatic rings. The molecule has 0 unspecified atom stereocenters. The van der Waals surface area contributed by atoms with Crippen LogP contribution in [-0.2, 0) is 22.4 Å². The molecule has 0 radical (unpaired) electrons. The monoisotopic (exact) mass is 406 g/mol. The number of carbonyl (C=O) groups is 3. The van der Waals surface area contributed by atoms with Crippen LogP contribution in [0, 0.1) is 0 Å². The molecule has 0 bridgehead atoms. The zero-order chi connectivity index (χ0) is 19.2. The maximum atomic E-state index is 12.2. The third-order valence-electron chi connectivity index (χ3n) is 4.20. The van der Waals surface area contributed by atoms with Crippen LogP contribution >= 0.6 is 22.9 Å². The van der Waals surface area contributed by atoms with Gasteiger partial charge in [0.15, 0.2) is 6.61 Å². The van der Waals surface area contributed by atoms with Crippen molar-refractivity contribution in [3.8, 4) is 0 Å². The molecule has 0 spiro atoms. The lowest BCUT2D eigenvalue weighted by molar-refractivity contribution is -0.125. The summed E-state index contributed by atoms with van der Waals surface area (Å²) in [5.41, 5.74) is 6.03. The molecular weight excluding hydrogens is 388 g/mol. The molecule has 1 aromatic heterocycles. The number of fused-ring (bicyclic) bond motifs is 1. The van der Waals surface area contributed by atoms with Gasteiger partial charge in [-0.3, -0.25) is 20.4 Å². The Morgan fingerprint density at radius 2 is 1.78 bits per heavy atom. The van der Waals surface area contributed by atoms with Gasteiger partial charge >= 0.3 is 5.97 Å². The predicted octanol–water partition coefficient (Wildman–Crippen LogP) is 3.29.